The summed E-state index contributed by atoms with van der Waals surface area (Å²) in [5, 5.41) is 9.38. The summed E-state index contributed by atoms with van der Waals surface area (Å²) in [7, 11) is 0. The molecule has 82 heavy (non-hydrogen) atoms. The third-order valence-electron chi connectivity index (χ3n) is 16.3. The lowest BCUT2D eigenvalue weighted by atomic mass is 9.98. The van der Waals surface area contributed by atoms with E-state index in [0.29, 0.717) is 17.5 Å². The lowest BCUT2D eigenvalue weighted by molar-refractivity contribution is 0.669. The molecule has 0 aliphatic carbocycles. The average molecular weight is 1050 g/mol. The van der Waals surface area contributed by atoms with Crippen LogP contribution < -0.4 is 0 Å². The van der Waals surface area contributed by atoms with Crippen molar-refractivity contribution in [3.63, 3.8) is 0 Å². The zero-order chi connectivity index (χ0) is 54.1. The molecule has 5 heteroatoms. The van der Waals surface area contributed by atoms with Gasteiger partial charge in [-0.05, 0) is 126 Å². The number of benzene rings is 13. The quantitative estimate of drug-likeness (QED) is 0.145. The molecule has 3 heterocycles. The highest BCUT2D eigenvalue weighted by molar-refractivity contribution is 6.23. The van der Waals surface area contributed by atoms with E-state index in [2.05, 4.69) is 271 Å². The molecule has 0 N–H and O–H groups in total. The normalized spacial score (nSPS) is 11.7. The Labute approximate surface area is 473 Å². The molecule has 0 saturated carbocycles. The fourth-order valence-corrected chi connectivity index (χ4v) is 12.1. The summed E-state index contributed by atoms with van der Waals surface area (Å²) >= 11 is 0. The Balaban J connectivity index is 0.868. The second-order valence-corrected chi connectivity index (χ2v) is 21.1. The van der Waals surface area contributed by atoms with Crippen molar-refractivity contribution in [2.75, 3.05) is 0 Å². The van der Waals surface area contributed by atoms with Crippen molar-refractivity contribution in [2.24, 2.45) is 0 Å². The molecule has 382 valence electrons. The van der Waals surface area contributed by atoms with E-state index in [1.165, 1.54) is 54.6 Å². The van der Waals surface area contributed by atoms with E-state index in [-0.39, 0.29) is 0 Å². The minimum absolute atomic E-state index is 0.568. The van der Waals surface area contributed by atoms with E-state index in [0.717, 1.165) is 88.7 Å². The second kappa shape index (κ2) is 19.4. The van der Waals surface area contributed by atoms with Gasteiger partial charge in [-0.15, -0.1) is 0 Å². The Morgan fingerprint density at radius 2 is 0.671 bits per heavy atom. The number of nitrogens with zero attached hydrogens (tertiary/aromatic N) is 4. The molecule has 0 fully saturated rings. The van der Waals surface area contributed by atoms with Crippen LogP contribution >= 0.6 is 0 Å². The van der Waals surface area contributed by atoms with Gasteiger partial charge in [0, 0.05) is 43.8 Å². The first kappa shape index (κ1) is 47.0. The number of fused-ring (bicyclic) bond motifs is 9. The van der Waals surface area contributed by atoms with E-state index in [1.54, 1.807) is 0 Å². The number of aromatic nitrogens is 4. The van der Waals surface area contributed by atoms with Gasteiger partial charge in [0.15, 0.2) is 17.5 Å². The number of furan rings is 1. The van der Waals surface area contributed by atoms with Gasteiger partial charge in [0.1, 0.15) is 11.2 Å². The molecule has 0 saturated heterocycles. The molecule has 0 atom stereocenters. The lowest BCUT2D eigenvalue weighted by Gasteiger charge is -2.17. The Bertz CT molecular complexity index is 4960. The Kier molecular flexibility index (Phi) is 11.1. The van der Waals surface area contributed by atoms with Crippen molar-refractivity contribution < 1.29 is 4.42 Å². The molecular weight excluding hydrogens is 997 g/mol. The van der Waals surface area contributed by atoms with Crippen LogP contribution in [0.1, 0.15) is 0 Å². The summed E-state index contributed by atoms with van der Waals surface area (Å²) in [6.45, 7) is 0. The molecule has 0 bridgehead atoms. The summed E-state index contributed by atoms with van der Waals surface area (Å²) in [5.74, 6) is 1.74. The highest BCUT2D eigenvalue weighted by Gasteiger charge is 2.22. The summed E-state index contributed by atoms with van der Waals surface area (Å²) in [6, 6.07) is 104. The van der Waals surface area contributed by atoms with Crippen LogP contribution in [0.25, 0.3) is 161 Å². The summed E-state index contributed by atoms with van der Waals surface area (Å²) in [4.78, 5) is 16.0. The van der Waals surface area contributed by atoms with Crippen LogP contribution in [0, 0.1) is 0 Å². The van der Waals surface area contributed by atoms with E-state index in [4.69, 9.17) is 19.4 Å². The predicted octanol–water partition coefficient (Wildman–Crippen LogP) is 20.5. The van der Waals surface area contributed by atoms with Crippen molar-refractivity contribution in [2.45, 2.75) is 0 Å². The first-order valence-electron chi connectivity index (χ1n) is 27.8. The van der Waals surface area contributed by atoms with Crippen LogP contribution in [-0.4, -0.2) is 19.5 Å². The summed E-state index contributed by atoms with van der Waals surface area (Å²) < 4.78 is 9.05. The van der Waals surface area contributed by atoms with Gasteiger partial charge in [-0.2, -0.15) is 0 Å². The molecule has 0 amide bonds. The van der Waals surface area contributed by atoms with Gasteiger partial charge in [0.05, 0.1) is 16.7 Å². The highest BCUT2D eigenvalue weighted by Crippen LogP contribution is 2.43. The van der Waals surface area contributed by atoms with E-state index < -0.39 is 0 Å². The predicted molar refractivity (Wildman–Crippen MR) is 340 cm³/mol. The van der Waals surface area contributed by atoms with Crippen LogP contribution in [-0.2, 0) is 0 Å². The van der Waals surface area contributed by atoms with Crippen molar-refractivity contribution in [3.05, 3.63) is 291 Å². The monoisotopic (exact) mass is 1040 g/mol. The fraction of sp³-hybridized carbons (Fsp3) is 0. The topological polar surface area (TPSA) is 56.7 Å². The maximum atomic E-state index is 6.61. The molecule has 0 aliphatic rings. The summed E-state index contributed by atoms with van der Waals surface area (Å²) in [6.07, 6.45) is 0. The Hall–Kier alpha value is -11.0. The third-order valence-corrected chi connectivity index (χ3v) is 16.3. The molecule has 16 rings (SSSR count). The minimum atomic E-state index is 0.568. The molecule has 0 unspecified atom stereocenters. The van der Waals surface area contributed by atoms with Gasteiger partial charge >= 0.3 is 0 Å². The summed E-state index contributed by atoms with van der Waals surface area (Å²) in [5.41, 5.74) is 18.9. The first-order chi connectivity index (χ1) is 40.6. The zero-order valence-electron chi connectivity index (χ0n) is 44.4. The maximum Gasteiger partial charge on any atom is 0.164 e. The van der Waals surface area contributed by atoms with Crippen LogP contribution in [0.5, 0.6) is 0 Å². The van der Waals surface area contributed by atoms with Gasteiger partial charge in [0.2, 0.25) is 0 Å². The lowest BCUT2D eigenvalue weighted by Crippen LogP contribution is -2.02. The van der Waals surface area contributed by atoms with Crippen molar-refractivity contribution in [3.8, 4) is 95.5 Å². The number of hydrogen-bond acceptors (Lipinski definition) is 4. The molecule has 3 aromatic heterocycles. The first-order valence-corrected chi connectivity index (χ1v) is 27.8. The van der Waals surface area contributed by atoms with Crippen molar-refractivity contribution >= 4 is 65.3 Å². The van der Waals surface area contributed by atoms with Crippen molar-refractivity contribution in [1.29, 1.82) is 0 Å². The second-order valence-electron chi connectivity index (χ2n) is 21.1. The minimum Gasteiger partial charge on any atom is -0.456 e. The van der Waals surface area contributed by atoms with Gasteiger partial charge in [-0.3, -0.25) is 0 Å². The Morgan fingerprint density at radius 3 is 1.24 bits per heavy atom. The fourth-order valence-electron chi connectivity index (χ4n) is 12.1. The molecule has 16 aromatic rings. The van der Waals surface area contributed by atoms with Gasteiger partial charge in [0.25, 0.3) is 0 Å². The van der Waals surface area contributed by atoms with E-state index >= 15 is 0 Å². The number of rotatable bonds is 9. The van der Waals surface area contributed by atoms with E-state index in [9.17, 15) is 0 Å². The molecule has 0 aliphatic heterocycles. The maximum absolute atomic E-state index is 6.61. The smallest absolute Gasteiger partial charge is 0.164 e. The van der Waals surface area contributed by atoms with Gasteiger partial charge in [-0.25, -0.2) is 15.0 Å². The number of para-hydroxylation sites is 1. The molecule has 5 nitrogen and oxygen atoms in total. The molecule has 13 aromatic carbocycles. The Morgan fingerprint density at radius 1 is 0.244 bits per heavy atom. The molecule has 0 spiro atoms. The SMILES string of the molecule is c1ccc(-c2ccc(-c3ccc(-c4nc(-c5ccc(-c6ccc(-c7ccccc7)cc6)cc5)nc(-c5ccc(-n6c7cc8ccccc8cc7c7c8ccccc8ccc76)c(-c6ccc7c(c6)oc6ccccc67)c5)n4)cc3)cc2)cc1. The van der Waals surface area contributed by atoms with Gasteiger partial charge < -0.3 is 8.98 Å². The van der Waals surface area contributed by atoms with Crippen LogP contribution in [0.3, 0.4) is 0 Å². The van der Waals surface area contributed by atoms with Crippen LogP contribution in [0.2, 0.25) is 0 Å². The average Bonchev–Trinajstić information content (AvgIpc) is 4.32. The highest BCUT2D eigenvalue weighted by atomic mass is 16.3. The molecule has 0 radical (unpaired) electrons. The van der Waals surface area contributed by atoms with E-state index in [1.807, 2.05) is 24.3 Å². The van der Waals surface area contributed by atoms with Gasteiger partial charge in [-0.1, -0.05) is 237 Å². The van der Waals surface area contributed by atoms with Crippen LogP contribution in [0.15, 0.2) is 296 Å². The third kappa shape index (κ3) is 8.22. The zero-order valence-corrected chi connectivity index (χ0v) is 44.4. The van der Waals surface area contributed by atoms with Crippen LogP contribution in [0.4, 0.5) is 0 Å². The number of hydrogen-bond donors (Lipinski definition) is 0. The molecular formula is C77H48N4O. The largest absolute Gasteiger partial charge is 0.456 e. The van der Waals surface area contributed by atoms with Crippen molar-refractivity contribution in [1.82, 2.24) is 19.5 Å². The standard InChI is InChI=1S/C77H48N4O/c1-3-13-49(14-4-1)51-23-27-53(28-24-51)55-31-35-58(36-32-55)75-78-76(59-37-33-56(34-38-59)54-29-25-52(26-30-54)50-15-5-2-6-16-50)80-77(79-75)63-41-43-69(67(46-63)62-39-42-66-65-21-11-12-22-72(65)82-73(66)48-62)81-70-44-40-57-17-9-10-20-64(57)74(70)68-45-60-18-7-8-19-61(60)47-71(68)81/h1-48H.